The van der Waals surface area contributed by atoms with Gasteiger partial charge in [0.25, 0.3) is 0 Å². The SMILES string of the molecule is CCCCCCCOC(=O)C1CCCN1C(=O)OCC(C)C. The molecule has 1 rings (SSSR count). The number of likely N-dealkylation sites (tertiary alicyclic amines) is 1. The van der Waals surface area contributed by atoms with Crippen molar-refractivity contribution in [1.29, 1.82) is 0 Å². The van der Waals surface area contributed by atoms with E-state index in [1.165, 1.54) is 24.2 Å². The van der Waals surface area contributed by atoms with Crippen molar-refractivity contribution in [3.63, 3.8) is 0 Å². The molecule has 5 nitrogen and oxygen atoms in total. The number of unbranched alkanes of at least 4 members (excludes halogenated alkanes) is 4. The average Bonchev–Trinajstić information content (AvgIpc) is 2.97. The monoisotopic (exact) mass is 313 g/mol. The maximum atomic E-state index is 12.1. The smallest absolute Gasteiger partial charge is 0.410 e. The first-order valence-electron chi connectivity index (χ1n) is 8.66. The largest absolute Gasteiger partial charge is 0.464 e. The van der Waals surface area contributed by atoms with E-state index in [2.05, 4.69) is 6.92 Å². The van der Waals surface area contributed by atoms with Crippen molar-refractivity contribution in [2.45, 2.75) is 71.8 Å². The molecule has 1 fully saturated rings. The van der Waals surface area contributed by atoms with Crippen LogP contribution in [0.4, 0.5) is 4.79 Å². The molecule has 1 aliphatic heterocycles. The molecule has 0 bridgehead atoms. The lowest BCUT2D eigenvalue weighted by Crippen LogP contribution is -2.42. The highest BCUT2D eigenvalue weighted by atomic mass is 16.6. The van der Waals surface area contributed by atoms with Crippen LogP contribution in [0.1, 0.15) is 65.7 Å². The van der Waals surface area contributed by atoms with Crippen LogP contribution >= 0.6 is 0 Å². The number of hydrogen-bond donors (Lipinski definition) is 0. The van der Waals surface area contributed by atoms with Crippen molar-refractivity contribution >= 4 is 12.1 Å². The van der Waals surface area contributed by atoms with Gasteiger partial charge in [0.1, 0.15) is 6.04 Å². The first-order chi connectivity index (χ1) is 10.6. The van der Waals surface area contributed by atoms with Crippen LogP contribution in [0.5, 0.6) is 0 Å². The Morgan fingerprint density at radius 3 is 2.55 bits per heavy atom. The Hall–Kier alpha value is -1.26. The second-order valence-electron chi connectivity index (χ2n) is 6.40. The van der Waals surface area contributed by atoms with Crippen LogP contribution in [0.2, 0.25) is 0 Å². The fourth-order valence-electron chi connectivity index (χ4n) is 2.53. The molecule has 128 valence electrons. The number of amides is 1. The molecule has 0 aliphatic carbocycles. The molecule has 0 aromatic rings. The third-order valence-corrected chi connectivity index (χ3v) is 3.79. The zero-order valence-electron chi connectivity index (χ0n) is 14.3. The molecule has 5 heteroatoms. The molecular formula is C17H31NO4. The second kappa shape index (κ2) is 10.5. The van der Waals surface area contributed by atoms with Gasteiger partial charge in [-0.2, -0.15) is 0 Å². The van der Waals surface area contributed by atoms with Gasteiger partial charge in [0.05, 0.1) is 13.2 Å². The van der Waals surface area contributed by atoms with E-state index in [1.54, 1.807) is 0 Å². The number of hydrogen-bond acceptors (Lipinski definition) is 4. The lowest BCUT2D eigenvalue weighted by Gasteiger charge is -2.23. The van der Waals surface area contributed by atoms with E-state index in [1.807, 2.05) is 13.8 Å². The number of nitrogens with zero attached hydrogens (tertiary/aromatic N) is 1. The Kier molecular flexibility index (Phi) is 8.94. The minimum Gasteiger partial charge on any atom is -0.464 e. The molecule has 0 N–H and O–H groups in total. The number of ether oxygens (including phenoxy) is 2. The van der Waals surface area contributed by atoms with Gasteiger partial charge in [-0.25, -0.2) is 9.59 Å². The second-order valence-corrected chi connectivity index (χ2v) is 6.40. The Morgan fingerprint density at radius 2 is 1.86 bits per heavy atom. The van der Waals surface area contributed by atoms with Gasteiger partial charge in [-0.1, -0.05) is 46.5 Å². The highest BCUT2D eigenvalue weighted by Gasteiger charge is 2.36. The summed E-state index contributed by atoms with van der Waals surface area (Å²) in [5.74, 6) is 0.00886. The Labute approximate surface area is 134 Å². The molecule has 0 aromatic heterocycles. The molecule has 0 radical (unpaired) electrons. The fraction of sp³-hybridized carbons (Fsp3) is 0.882. The van der Waals surface area contributed by atoms with E-state index >= 15 is 0 Å². The summed E-state index contributed by atoms with van der Waals surface area (Å²) in [7, 11) is 0. The van der Waals surface area contributed by atoms with Crippen molar-refractivity contribution in [2.24, 2.45) is 5.92 Å². The van der Waals surface area contributed by atoms with Gasteiger partial charge in [-0.3, -0.25) is 4.90 Å². The maximum absolute atomic E-state index is 12.1. The summed E-state index contributed by atoms with van der Waals surface area (Å²) in [4.78, 5) is 25.6. The predicted octanol–water partition coefficient (Wildman–Crippen LogP) is 3.76. The number of rotatable bonds is 9. The number of carbonyl (C=O) groups is 2. The maximum Gasteiger partial charge on any atom is 0.410 e. The summed E-state index contributed by atoms with van der Waals surface area (Å²) in [5.41, 5.74) is 0. The quantitative estimate of drug-likeness (QED) is 0.480. The summed E-state index contributed by atoms with van der Waals surface area (Å²) in [5, 5.41) is 0. The molecule has 22 heavy (non-hydrogen) atoms. The van der Waals surface area contributed by atoms with Crippen LogP contribution in [0.15, 0.2) is 0 Å². The molecule has 0 aromatic carbocycles. The van der Waals surface area contributed by atoms with Gasteiger partial charge in [-0.15, -0.1) is 0 Å². The molecule has 1 atom stereocenters. The van der Waals surface area contributed by atoms with Gasteiger partial charge in [-0.05, 0) is 25.2 Å². The first kappa shape index (κ1) is 18.8. The highest BCUT2D eigenvalue weighted by Crippen LogP contribution is 2.20. The van der Waals surface area contributed by atoms with Crippen molar-refractivity contribution in [3.05, 3.63) is 0 Å². The van der Waals surface area contributed by atoms with Gasteiger partial charge < -0.3 is 9.47 Å². The van der Waals surface area contributed by atoms with Crippen LogP contribution < -0.4 is 0 Å². The van der Waals surface area contributed by atoms with E-state index in [0.717, 1.165) is 19.3 Å². The molecule has 1 saturated heterocycles. The summed E-state index contributed by atoms with van der Waals surface area (Å²) >= 11 is 0. The number of carbonyl (C=O) groups excluding carboxylic acids is 2. The van der Waals surface area contributed by atoms with E-state index in [-0.39, 0.29) is 5.97 Å². The van der Waals surface area contributed by atoms with E-state index in [0.29, 0.717) is 32.1 Å². The van der Waals surface area contributed by atoms with Crippen LogP contribution in [-0.4, -0.2) is 42.8 Å². The lowest BCUT2D eigenvalue weighted by molar-refractivity contribution is -0.148. The lowest BCUT2D eigenvalue weighted by atomic mass is 10.2. The van der Waals surface area contributed by atoms with Crippen LogP contribution in [-0.2, 0) is 14.3 Å². The highest BCUT2D eigenvalue weighted by molar-refractivity contribution is 5.82. The summed E-state index contributed by atoms with van der Waals surface area (Å²) in [6.45, 7) is 7.56. The van der Waals surface area contributed by atoms with E-state index < -0.39 is 12.1 Å². The first-order valence-corrected chi connectivity index (χ1v) is 8.66. The Balaban J connectivity index is 2.29. The summed E-state index contributed by atoms with van der Waals surface area (Å²) in [6.07, 6.45) is 6.71. The van der Waals surface area contributed by atoms with Crippen LogP contribution in [0, 0.1) is 5.92 Å². The average molecular weight is 313 g/mol. The molecule has 1 amide bonds. The summed E-state index contributed by atoms with van der Waals surface area (Å²) < 4.78 is 10.5. The van der Waals surface area contributed by atoms with Gasteiger partial charge in [0.2, 0.25) is 0 Å². The zero-order valence-corrected chi connectivity index (χ0v) is 14.3. The fourth-order valence-corrected chi connectivity index (χ4v) is 2.53. The Morgan fingerprint density at radius 1 is 1.14 bits per heavy atom. The van der Waals surface area contributed by atoms with Gasteiger partial charge >= 0.3 is 12.1 Å². The molecule has 1 aliphatic rings. The third-order valence-electron chi connectivity index (χ3n) is 3.79. The molecule has 0 saturated carbocycles. The van der Waals surface area contributed by atoms with Gasteiger partial charge in [0.15, 0.2) is 0 Å². The van der Waals surface area contributed by atoms with Crippen molar-refractivity contribution in [2.75, 3.05) is 19.8 Å². The van der Waals surface area contributed by atoms with Crippen molar-refractivity contribution < 1.29 is 19.1 Å². The molecule has 1 heterocycles. The molecule has 1 unspecified atom stereocenters. The normalized spacial score (nSPS) is 17.8. The van der Waals surface area contributed by atoms with E-state index in [9.17, 15) is 9.59 Å². The predicted molar refractivity (Wildman–Crippen MR) is 85.6 cm³/mol. The minimum absolute atomic E-state index is 0.283. The zero-order chi connectivity index (χ0) is 16.4. The number of esters is 1. The topological polar surface area (TPSA) is 55.8 Å². The minimum atomic E-state index is -0.463. The standard InChI is InChI=1S/C17H31NO4/c1-4-5-6-7-8-12-21-16(19)15-10-9-11-18(15)17(20)22-13-14(2)3/h14-15H,4-13H2,1-3H3. The third kappa shape index (κ3) is 6.67. The van der Waals surface area contributed by atoms with Crippen molar-refractivity contribution in [3.8, 4) is 0 Å². The van der Waals surface area contributed by atoms with Crippen LogP contribution in [0.25, 0.3) is 0 Å². The van der Waals surface area contributed by atoms with E-state index in [4.69, 9.17) is 9.47 Å². The molecular weight excluding hydrogens is 282 g/mol. The Bertz CT molecular complexity index is 344. The summed E-state index contributed by atoms with van der Waals surface area (Å²) in [6, 6.07) is -0.463. The van der Waals surface area contributed by atoms with Gasteiger partial charge in [0, 0.05) is 6.54 Å². The van der Waals surface area contributed by atoms with Crippen molar-refractivity contribution in [1.82, 2.24) is 4.90 Å². The molecule has 0 spiro atoms. The van der Waals surface area contributed by atoms with Crippen LogP contribution in [0.3, 0.4) is 0 Å².